The number of hydrogen-bond donors (Lipinski definition) is 1. The van der Waals surface area contributed by atoms with Crippen LogP contribution in [0.15, 0.2) is 54.6 Å². The van der Waals surface area contributed by atoms with Gasteiger partial charge in [0.05, 0.1) is 13.2 Å². The summed E-state index contributed by atoms with van der Waals surface area (Å²) < 4.78 is 16.4. The largest absolute Gasteiger partial charge is 0.481 e. The van der Waals surface area contributed by atoms with Crippen LogP contribution < -0.4 is 4.74 Å². The Morgan fingerprint density at radius 2 is 1.83 bits per heavy atom. The smallest absolute Gasteiger partial charge is 0.149 e. The molecule has 0 aromatic heterocycles. The van der Waals surface area contributed by atoms with Crippen molar-refractivity contribution in [2.75, 3.05) is 34.0 Å². The number of rotatable bonds is 7. The van der Waals surface area contributed by atoms with E-state index in [1.165, 1.54) is 0 Å². The third-order valence-electron chi connectivity index (χ3n) is 3.70. The Labute approximate surface area is 143 Å². The van der Waals surface area contributed by atoms with E-state index in [1.807, 2.05) is 54.6 Å². The van der Waals surface area contributed by atoms with Crippen LogP contribution in [-0.4, -0.2) is 39.1 Å². The van der Waals surface area contributed by atoms with Gasteiger partial charge in [0.1, 0.15) is 18.0 Å². The van der Waals surface area contributed by atoms with Crippen LogP contribution in [0.3, 0.4) is 0 Å². The molecule has 126 valence electrons. The van der Waals surface area contributed by atoms with E-state index in [0.717, 1.165) is 11.1 Å². The van der Waals surface area contributed by atoms with Gasteiger partial charge in [0, 0.05) is 19.8 Å². The van der Waals surface area contributed by atoms with Crippen LogP contribution in [0.25, 0.3) is 0 Å². The van der Waals surface area contributed by atoms with Gasteiger partial charge < -0.3 is 19.3 Å². The molecule has 4 nitrogen and oxygen atoms in total. The highest BCUT2D eigenvalue weighted by molar-refractivity contribution is 5.35. The van der Waals surface area contributed by atoms with E-state index in [1.54, 1.807) is 14.2 Å². The molecule has 0 fully saturated rings. The Morgan fingerprint density at radius 1 is 1.04 bits per heavy atom. The summed E-state index contributed by atoms with van der Waals surface area (Å²) in [6, 6.07) is 17.2. The average molecular weight is 326 g/mol. The maximum absolute atomic E-state index is 9.72. The number of hydrogen-bond acceptors (Lipinski definition) is 4. The van der Waals surface area contributed by atoms with Gasteiger partial charge in [-0.15, -0.1) is 0 Å². The molecule has 4 heteroatoms. The molecule has 24 heavy (non-hydrogen) atoms. The predicted octanol–water partition coefficient (Wildman–Crippen LogP) is 2.60. The SMILES string of the molecule is COCC(CO)(OC)c1cccc(OCC#Cc2ccccc2)c1. The van der Waals surface area contributed by atoms with Crippen molar-refractivity contribution in [3.8, 4) is 17.6 Å². The molecule has 0 aliphatic heterocycles. The van der Waals surface area contributed by atoms with E-state index in [0.29, 0.717) is 5.75 Å². The normalized spacial score (nSPS) is 12.8. The van der Waals surface area contributed by atoms with Gasteiger partial charge in [-0.25, -0.2) is 0 Å². The molecule has 0 heterocycles. The average Bonchev–Trinajstić information content (AvgIpc) is 2.64. The van der Waals surface area contributed by atoms with Crippen LogP contribution in [0.4, 0.5) is 0 Å². The molecule has 0 aliphatic rings. The summed E-state index contributed by atoms with van der Waals surface area (Å²) in [6.07, 6.45) is 0. The molecule has 2 aromatic carbocycles. The number of aliphatic hydroxyl groups excluding tert-OH is 1. The molecule has 0 aliphatic carbocycles. The zero-order chi connectivity index (χ0) is 17.3. The van der Waals surface area contributed by atoms with Gasteiger partial charge in [-0.3, -0.25) is 0 Å². The van der Waals surface area contributed by atoms with Crippen molar-refractivity contribution in [3.63, 3.8) is 0 Å². The Morgan fingerprint density at radius 3 is 2.50 bits per heavy atom. The summed E-state index contributed by atoms with van der Waals surface area (Å²) >= 11 is 0. The van der Waals surface area contributed by atoms with Crippen LogP contribution >= 0.6 is 0 Å². The van der Waals surface area contributed by atoms with Gasteiger partial charge in [0.2, 0.25) is 0 Å². The lowest BCUT2D eigenvalue weighted by atomic mass is 9.95. The zero-order valence-corrected chi connectivity index (χ0v) is 14.0. The minimum absolute atomic E-state index is 0.186. The summed E-state index contributed by atoms with van der Waals surface area (Å²) in [4.78, 5) is 0. The summed E-state index contributed by atoms with van der Waals surface area (Å²) in [5, 5.41) is 9.72. The second kappa shape index (κ2) is 9.09. The first-order valence-electron chi connectivity index (χ1n) is 7.66. The molecule has 1 unspecified atom stereocenters. The fourth-order valence-electron chi connectivity index (χ4n) is 2.34. The lowest BCUT2D eigenvalue weighted by molar-refractivity contribution is -0.100. The Bertz CT molecular complexity index is 682. The molecule has 0 radical (unpaired) electrons. The molecule has 0 saturated carbocycles. The summed E-state index contributed by atoms with van der Waals surface area (Å²) in [5.41, 5.74) is 0.848. The van der Waals surface area contributed by atoms with E-state index in [2.05, 4.69) is 11.8 Å². The van der Waals surface area contributed by atoms with E-state index >= 15 is 0 Å². The third-order valence-corrected chi connectivity index (χ3v) is 3.70. The van der Waals surface area contributed by atoms with E-state index in [4.69, 9.17) is 14.2 Å². The van der Waals surface area contributed by atoms with E-state index in [9.17, 15) is 5.11 Å². The highest BCUT2D eigenvalue weighted by Crippen LogP contribution is 2.28. The van der Waals surface area contributed by atoms with E-state index < -0.39 is 5.60 Å². The van der Waals surface area contributed by atoms with Crippen molar-refractivity contribution in [2.45, 2.75) is 5.60 Å². The van der Waals surface area contributed by atoms with E-state index in [-0.39, 0.29) is 19.8 Å². The number of benzene rings is 2. The van der Waals surface area contributed by atoms with Crippen molar-refractivity contribution < 1.29 is 19.3 Å². The quantitative estimate of drug-likeness (QED) is 0.795. The maximum Gasteiger partial charge on any atom is 0.149 e. The molecule has 0 amide bonds. The Hall–Kier alpha value is -2.32. The first-order valence-corrected chi connectivity index (χ1v) is 7.66. The van der Waals surface area contributed by atoms with Crippen LogP contribution in [0.1, 0.15) is 11.1 Å². The highest BCUT2D eigenvalue weighted by atomic mass is 16.5. The fourth-order valence-corrected chi connectivity index (χ4v) is 2.34. The molecule has 0 spiro atoms. The first kappa shape index (κ1) is 18.0. The van der Waals surface area contributed by atoms with Crippen molar-refractivity contribution in [1.29, 1.82) is 0 Å². The zero-order valence-electron chi connectivity index (χ0n) is 14.0. The van der Waals surface area contributed by atoms with Gasteiger partial charge >= 0.3 is 0 Å². The third kappa shape index (κ3) is 4.59. The van der Waals surface area contributed by atoms with Crippen molar-refractivity contribution >= 4 is 0 Å². The molecule has 2 rings (SSSR count). The molecular formula is C20H22O4. The second-order valence-corrected chi connectivity index (χ2v) is 5.27. The lowest BCUT2D eigenvalue weighted by Crippen LogP contribution is -2.37. The standard InChI is InChI=1S/C20H22O4/c1-22-16-20(15-21,23-2)18-11-6-12-19(14-18)24-13-7-10-17-8-4-3-5-9-17/h3-6,8-9,11-12,14,21H,13,15-16H2,1-2H3. The minimum atomic E-state index is -0.899. The molecule has 0 bridgehead atoms. The molecule has 0 saturated heterocycles. The van der Waals surface area contributed by atoms with Crippen LogP contribution in [0.5, 0.6) is 5.75 Å². The lowest BCUT2D eigenvalue weighted by Gasteiger charge is -2.30. The topological polar surface area (TPSA) is 47.9 Å². The second-order valence-electron chi connectivity index (χ2n) is 5.27. The number of ether oxygens (including phenoxy) is 3. The van der Waals surface area contributed by atoms with Crippen molar-refractivity contribution in [1.82, 2.24) is 0 Å². The van der Waals surface area contributed by atoms with Gasteiger partial charge in [0.25, 0.3) is 0 Å². The molecule has 2 aromatic rings. The van der Waals surface area contributed by atoms with Crippen LogP contribution in [-0.2, 0) is 15.1 Å². The van der Waals surface area contributed by atoms with Gasteiger partial charge in [0.15, 0.2) is 0 Å². The summed E-state index contributed by atoms with van der Waals surface area (Å²) in [6.45, 7) is 0.341. The molecular weight excluding hydrogens is 304 g/mol. The van der Waals surface area contributed by atoms with Gasteiger partial charge in [-0.05, 0) is 29.8 Å². The van der Waals surface area contributed by atoms with Crippen LogP contribution in [0.2, 0.25) is 0 Å². The summed E-state index contributed by atoms with van der Waals surface area (Å²) in [5.74, 6) is 6.69. The number of methoxy groups -OCH3 is 2. The Balaban J connectivity index is 2.06. The fraction of sp³-hybridized carbons (Fsp3) is 0.300. The molecule has 1 N–H and O–H groups in total. The first-order chi connectivity index (χ1) is 11.7. The highest BCUT2D eigenvalue weighted by Gasteiger charge is 2.32. The predicted molar refractivity (Wildman–Crippen MR) is 92.9 cm³/mol. The maximum atomic E-state index is 9.72. The monoisotopic (exact) mass is 326 g/mol. The van der Waals surface area contributed by atoms with Crippen molar-refractivity contribution in [2.24, 2.45) is 0 Å². The van der Waals surface area contributed by atoms with Gasteiger partial charge in [-0.2, -0.15) is 0 Å². The Kier molecular flexibility index (Phi) is 6.83. The summed E-state index contributed by atoms with van der Waals surface area (Å²) in [7, 11) is 3.12. The van der Waals surface area contributed by atoms with Gasteiger partial charge in [-0.1, -0.05) is 42.2 Å². The molecule has 1 atom stereocenters. The van der Waals surface area contributed by atoms with Crippen LogP contribution in [0, 0.1) is 11.8 Å². The number of aliphatic hydroxyl groups is 1. The van der Waals surface area contributed by atoms with Crippen molar-refractivity contribution in [3.05, 3.63) is 65.7 Å². The minimum Gasteiger partial charge on any atom is -0.481 e.